The van der Waals surface area contributed by atoms with E-state index >= 15 is 0 Å². The van der Waals surface area contributed by atoms with Gasteiger partial charge in [-0.05, 0) is 35.9 Å². The Morgan fingerprint density at radius 2 is 1.42 bits per heavy atom. The molecular formula is C27H26N2O7. The molecule has 0 saturated heterocycles. The predicted octanol–water partition coefficient (Wildman–Crippen LogP) is 4.16. The lowest BCUT2D eigenvalue weighted by atomic mass is 10.1. The standard InChI is InChI=1S/C27H26N2O7/c1-33-20-11-8-18(9-12-20)10-13-25(30)29-24-7-5-4-6-23(24)27(32)36-17-26(31)28-19-14-21(34-2)16-22(15-19)35-3/h4-16H,17H2,1-3H3,(H,28,31)(H,29,30)/b13-10+. The molecule has 0 heterocycles. The van der Waals surface area contributed by atoms with Gasteiger partial charge in [-0.25, -0.2) is 4.79 Å². The Balaban J connectivity index is 1.59. The lowest BCUT2D eigenvalue weighted by Crippen LogP contribution is -2.22. The van der Waals surface area contributed by atoms with E-state index in [-0.39, 0.29) is 11.3 Å². The number of para-hydroxylation sites is 1. The van der Waals surface area contributed by atoms with Gasteiger partial charge in [0, 0.05) is 30.0 Å². The monoisotopic (exact) mass is 490 g/mol. The molecule has 2 amide bonds. The van der Waals surface area contributed by atoms with E-state index in [0.29, 0.717) is 22.9 Å². The Bertz CT molecular complexity index is 1230. The van der Waals surface area contributed by atoms with Crippen LogP contribution >= 0.6 is 0 Å². The van der Waals surface area contributed by atoms with Crippen molar-refractivity contribution in [1.29, 1.82) is 0 Å². The summed E-state index contributed by atoms with van der Waals surface area (Å²) in [6.07, 6.45) is 2.98. The van der Waals surface area contributed by atoms with Crippen LogP contribution < -0.4 is 24.8 Å². The normalized spacial score (nSPS) is 10.4. The second-order valence-electron chi connectivity index (χ2n) is 7.37. The van der Waals surface area contributed by atoms with Crippen LogP contribution in [-0.2, 0) is 14.3 Å². The van der Waals surface area contributed by atoms with Crippen LogP contribution in [0.5, 0.6) is 17.2 Å². The number of anilines is 2. The highest BCUT2D eigenvalue weighted by atomic mass is 16.5. The summed E-state index contributed by atoms with van der Waals surface area (Å²) in [7, 11) is 4.56. The molecule has 3 aromatic carbocycles. The minimum atomic E-state index is -0.761. The van der Waals surface area contributed by atoms with Gasteiger partial charge in [-0.3, -0.25) is 9.59 Å². The second-order valence-corrected chi connectivity index (χ2v) is 7.37. The molecule has 0 aliphatic heterocycles. The van der Waals surface area contributed by atoms with Crippen LogP contribution in [0, 0.1) is 0 Å². The molecule has 0 saturated carbocycles. The minimum Gasteiger partial charge on any atom is -0.497 e. The van der Waals surface area contributed by atoms with Crippen molar-refractivity contribution in [3.8, 4) is 17.2 Å². The quantitative estimate of drug-likeness (QED) is 0.324. The highest BCUT2D eigenvalue weighted by Crippen LogP contribution is 2.25. The van der Waals surface area contributed by atoms with Crippen molar-refractivity contribution in [3.05, 3.63) is 83.9 Å². The Hall–Kier alpha value is -4.79. The van der Waals surface area contributed by atoms with Crippen LogP contribution in [0.2, 0.25) is 0 Å². The molecule has 0 spiro atoms. The number of rotatable bonds is 10. The Morgan fingerprint density at radius 3 is 2.06 bits per heavy atom. The summed E-state index contributed by atoms with van der Waals surface area (Å²) in [5.41, 5.74) is 1.59. The van der Waals surface area contributed by atoms with Gasteiger partial charge in [0.1, 0.15) is 17.2 Å². The van der Waals surface area contributed by atoms with Crippen LogP contribution in [0.1, 0.15) is 15.9 Å². The second kappa shape index (κ2) is 12.6. The van der Waals surface area contributed by atoms with Crippen LogP contribution in [0.25, 0.3) is 6.08 Å². The maximum atomic E-state index is 12.6. The van der Waals surface area contributed by atoms with E-state index in [9.17, 15) is 14.4 Å². The maximum absolute atomic E-state index is 12.6. The molecule has 0 aromatic heterocycles. The fourth-order valence-electron chi connectivity index (χ4n) is 3.12. The van der Waals surface area contributed by atoms with Gasteiger partial charge in [-0.15, -0.1) is 0 Å². The summed E-state index contributed by atoms with van der Waals surface area (Å²) in [6, 6.07) is 18.4. The zero-order valence-electron chi connectivity index (χ0n) is 20.1. The largest absolute Gasteiger partial charge is 0.497 e. The molecule has 0 aliphatic rings. The molecule has 3 aromatic rings. The maximum Gasteiger partial charge on any atom is 0.340 e. The minimum absolute atomic E-state index is 0.111. The summed E-state index contributed by atoms with van der Waals surface area (Å²) in [5, 5.41) is 5.28. The van der Waals surface area contributed by atoms with Crippen molar-refractivity contribution in [2.24, 2.45) is 0 Å². The third-order valence-electron chi connectivity index (χ3n) is 4.92. The van der Waals surface area contributed by atoms with Gasteiger partial charge < -0.3 is 29.6 Å². The Morgan fingerprint density at radius 1 is 0.778 bits per heavy atom. The molecular weight excluding hydrogens is 464 g/mol. The van der Waals surface area contributed by atoms with Gasteiger partial charge in [-0.1, -0.05) is 24.3 Å². The van der Waals surface area contributed by atoms with Crippen molar-refractivity contribution in [2.75, 3.05) is 38.6 Å². The van der Waals surface area contributed by atoms with E-state index in [0.717, 1.165) is 5.56 Å². The van der Waals surface area contributed by atoms with E-state index in [1.807, 2.05) is 0 Å². The number of amides is 2. The summed E-state index contributed by atoms with van der Waals surface area (Å²) < 4.78 is 20.6. The molecule has 0 fully saturated rings. The fourth-order valence-corrected chi connectivity index (χ4v) is 3.12. The van der Waals surface area contributed by atoms with Crippen molar-refractivity contribution in [2.45, 2.75) is 0 Å². The summed E-state index contributed by atoms with van der Waals surface area (Å²) in [4.78, 5) is 37.3. The molecule has 3 rings (SSSR count). The highest BCUT2D eigenvalue weighted by Gasteiger charge is 2.16. The summed E-state index contributed by atoms with van der Waals surface area (Å²) in [5.74, 6) is -0.0533. The summed E-state index contributed by atoms with van der Waals surface area (Å²) in [6.45, 7) is -0.530. The molecule has 0 unspecified atom stereocenters. The first-order valence-electron chi connectivity index (χ1n) is 10.8. The van der Waals surface area contributed by atoms with Crippen molar-refractivity contribution in [3.63, 3.8) is 0 Å². The van der Waals surface area contributed by atoms with Gasteiger partial charge in [-0.2, -0.15) is 0 Å². The lowest BCUT2D eigenvalue weighted by Gasteiger charge is -2.11. The number of carbonyl (C=O) groups excluding carboxylic acids is 3. The molecule has 2 N–H and O–H groups in total. The number of hydrogen-bond acceptors (Lipinski definition) is 7. The smallest absolute Gasteiger partial charge is 0.340 e. The van der Waals surface area contributed by atoms with Crippen LogP contribution in [0.15, 0.2) is 72.8 Å². The van der Waals surface area contributed by atoms with Gasteiger partial charge in [0.05, 0.1) is 32.6 Å². The van der Waals surface area contributed by atoms with E-state index in [1.54, 1.807) is 73.8 Å². The third kappa shape index (κ3) is 7.36. The number of carbonyl (C=O) groups is 3. The zero-order chi connectivity index (χ0) is 25.9. The van der Waals surface area contributed by atoms with E-state index in [2.05, 4.69) is 10.6 Å². The Labute approximate surface area is 208 Å². The van der Waals surface area contributed by atoms with Crippen molar-refractivity contribution in [1.82, 2.24) is 0 Å². The summed E-state index contributed by atoms with van der Waals surface area (Å²) >= 11 is 0. The first kappa shape index (κ1) is 25.8. The van der Waals surface area contributed by atoms with Gasteiger partial charge in [0.15, 0.2) is 6.61 Å². The molecule has 186 valence electrons. The zero-order valence-corrected chi connectivity index (χ0v) is 20.1. The topological polar surface area (TPSA) is 112 Å². The molecule has 0 atom stereocenters. The number of nitrogens with one attached hydrogen (secondary N) is 2. The van der Waals surface area contributed by atoms with Crippen LogP contribution in [0.4, 0.5) is 11.4 Å². The fraction of sp³-hybridized carbons (Fsp3) is 0.148. The number of benzene rings is 3. The van der Waals surface area contributed by atoms with Gasteiger partial charge in [0.25, 0.3) is 5.91 Å². The molecule has 0 aliphatic carbocycles. The van der Waals surface area contributed by atoms with Crippen LogP contribution in [0.3, 0.4) is 0 Å². The first-order chi connectivity index (χ1) is 17.4. The number of hydrogen-bond donors (Lipinski definition) is 2. The molecule has 36 heavy (non-hydrogen) atoms. The van der Waals surface area contributed by atoms with Crippen molar-refractivity contribution < 1.29 is 33.3 Å². The number of esters is 1. The highest BCUT2D eigenvalue weighted by molar-refractivity contribution is 6.06. The molecule has 9 nitrogen and oxygen atoms in total. The first-order valence-corrected chi connectivity index (χ1v) is 10.8. The SMILES string of the molecule is COc1ccc(/C=C/C(=O)Nc2ccccc2C(=O)OCC(=O)Nc2cc(OC)cc(OC)c2)cc1. The Kier molecular flexibility index (Phi) is 9.05. The van der Waals surface area contributed by atoms with Crippen molar-refractivity contribution >= 4 is 35.2 Å². The lowest BCUT2D eigenvalue weighted by molar-refractivity contribution is -0.119. The van der Waals surface area contributed by atoms with Gasteiger partial charge >= 0.3 is 5.97 Å². The van der Waals surface area contributed by atoms with E-state index in [1.165, 1.54) is 26.4 Å². The molecule has 0 bridgehead atoms. The molecule has 9 heteroatoms. The molecule has 0 radical (unpaired) electrons. The van der Waals surface area contributed by atoms with Gasteiger partial charge in [0.2, 0.25) is 5.91 Å². The third-order valence-corrected chi connectivity index (χ3v) is 4.92. The average Bonchev–Trinajstić information content (AvgIpc) is 2.90. The average molecular weight is 491 g/mol. The van der Waals surface area contributed by atoms with E-state index < -0.39 is 24.4 Å². The predicted molar refractivity (Wildman–Crippen MR) is 136 cm³/mol. The van der Waals surface area contributed by atoms with Crippen LogP contribution in [-0.4, -0.2) is 45.7 Å². The number of methoxy groups -OCH3 is 3. The number of ether oxygens (including phenoxy) is 4. The van der Waals surface area contributed by atoms with E-state index in [4.69, 9.17) is 18.9 Å².